The third-order valence-electron chi connectivity index (χ3n) is 4.09. The van der Waals surface area contributed by atoms with E-state index in [0.717, 1.165) is 30.7 Å². The zero-order chi connectivity index (χ0) is 14.5. The van der Waals surface area contributed by atoms with E-state index in [1.807, 2.05) is 35.2 Å². The van der Waals surface area contributed by atoms with Crippen molar-refractivity contribution in [2.45, 2.75) is 25.8 Å². The molecule has 0 bridgehead atoms. The average molecular weight is 286 g/mol. The Morgan fingerprint density at radius 1 is 1.43 bits per heavy atom. The molecule has 2 aromatic rings. The second kappa shape index (κ2) is 6.72. The van der Waals surface area contributed by atoms with Gasteiger partial charge in [-0.3, -0.25) is 4.79 Å². The summed E-state index contributed by atoms with van der Waals surface area (Å²) >= 11 is 0. The van der Waals surface area contributed by atoms with Crippen molar-refractivity contribution in [1.82, 2.24) is 20.2 Å². The number of piperidine rings is 1. The van der Waals surface area contributed by atoms with Crippen molar-refractivity contribution >= 4 is 16.9 Å². The summed E-state index contributed by atoms with van der Waals surface area (Å²) in [4.78, 5) is 16.3. The molecular weight excluding hydrogens is 264 g/mol. The van der Waals surface area contributed by atoms with Crippen LogP contribution in [-0.4, -0.2) is 35.1 Å². The van der Waals surface area contributed by atoms with Crippen molar-refractivity contribution < 1.29 is 4.79 Å². The molecule has 2 N–H and O–H groups in total. The monoisotopic (exact) mass is 286 g/mol. The number of para-hydroxylation sites is 2. The van der Waals surface area contributed by atoms with E-state index >= 15 is 0 Å². The minimum absolute atomic E-state index is 0.123. The molecule has 1 aromatic carbocycles. The van der Waals surface area contributed by atoms with Crippen LogP contribution in [0.15, 0.2) is 30.6 Å². The molecule has 1 aliphatic heterocycles. The number of benzene rings is 1. The van der Waals surface area contributed by atoms with Gasteiger partial charge in [-0.2, -0.15) is 0 Å². The zero-order valence-electron chi connectivity index (χ0n) is 12.2. The van der Waals surface area contributed by atoms with E-state index < -0.39 is 0 Å². The molecule has 0 spiro atoms. The van der Waals surface area contributed by atoms with Crippen molar-refractivity contribution in [2.75, 3.05) is 19.6 Å². The normalized spacial score (nSPS) is 18.8. The molecule has 1 atom stereocenters. The first-order chi connectivity index (χ1) is 10.3. The molecule has 0 aliphatic carbocycles. The minimum atomic E-state index is 0.123. The molecule has 1 saturated heterocycles. The van der Waals surface area contributed by atoms with Crippen molar-refractivity contribution in [3.8, 4) is 0 Å². The number of fused-ring (bicyclic) bond motifs is 1. The Bertz CT molecular complexity index is 601. The largest absolute Gasteiger partial charge is 0.356 e. The summed E-state index contributed by atoms with van der Waals surface area (Å²) in [6.45, 7) is 3.59. The number of aryl methyl sites for hydroxylation is 1. The Labute approximate surface area is 124 Å². The van der Waals surface area contributed by atoms with Gasteiger partial charge in [0, 0.05) is 19.5 Å². The van der Waals surface area contributed by atoms with E-state index in [1.54, 1.807) is 0 Å². The number of imidazole rings is 1. The molecule has 0 radical (unpaired) electrons. The summed E-state index contributed by atoms with van der Waals surface area (Å²) < 4.78 is 2.04. The number of rotatable bonds is 5. The third-order valence-corrected chi connectivity index (χ3v) is 4.09. The molecule has 2 heterocycles. The highest BCUT2D eigenvalue weighted by atomic mass is 16.1. The van der Waals surface area contributed by atoms with Gasteiger partial charge in [0.05, 0.1) is 17.4 Å². The van der Waals surface area contributed by atoms with Gasteiger partial charge in [-0.1, -0.05) is 12.1 Å². The van der Waals surface area contributed by atoms with Crippen LogP contribution in [0.4, 0.5) is 0 Å². The minimum Gasteiger partial charge on any atom is -0.356 e. The molecule has 0 saturated carbocycles. The Hall–Kier alpha value is -1.88. The predicted octanol–water partition coefficient (Wildman–Crippen LogP) is 1.54. The lowest BCUT2D eigenvalue weighted by Gasteiger charge is -2.22. The third kappa shape index (κ3) is 3.61. The maximum atomic E-state index is 12.0. The summed E-state index contributed by atoms with van der Waals surface area (Å²) in [5.41, 5.74) is 2.06. The van der Waals surface area contributed by atoms with Gasteiger partial charge in [0.1, 0.15) is 0 Å². The molecule has 21 heavy (non-hydrogen) atoms. The maximum Gasteiger partial charge on any atom is 0.221 e. The van der Waals surface area contributed by atoms with Crippen LogP contribution in [0, 0.1) is 5.92 Å². The number of carbonyl (C=O) groups excluding carboxylic acids is 1. The van der Waals surface area contributed by atoms with E-state index in [2.05, 4.69) is 15.6 Å². The average Bonchev–Trinajstić information content (AvgIpc) is 2.95. The Balaban J connectivity index is 1.47. The summed E-state index contributed by atoms with van der Waals surface area (Å²) in [5.74, 6) is 0.704. The number of hydrogen-bond acceptors (Lipinski definition) is 3. The lowest BCUT2D eigenvalue weighted by Crippen LogP contribution is -2.38. The van der Waals surface area contributed by atoms with Gasteiger partial charge in [-0.05, 0) is 44.0 Å². The van der Waals surface area contributed by atoms with Crippen molar-refractivity contribution in [3.63, 3.8) is 0 Å². The van der Waals surface area contributed by atoms with Gasteiger partial charge >= 0.3 is 0 Å². The van der Waals surface area contributed by atoms with Crippen LogP contribution in [0.2, 0.25) is 0 Å². The van der Waals surface area contributed by atoms with Crippen LogP contribution in [0.25, 0.3) is 11.0 Å². The maximum absolute atomic E-state index is 12.0. The number of hydrogen-bond donors (Lipinski definition) is 2. The SMILES string of the molecule is O=C(CCn1cnc2ccccc21)NCC1CCCNC1. The van der Waals surface area contributed by atoms with Crippen LogP contribution in [0.5, 0.6) is 0 Å². The van der Waals surface area contributed by atoms with Gasteiger partial charge in [0.15, 0.2) is 0 Å². The molecular formula is C16H22N4O. The summed E-state index contributed by atoms with van der Waals surface area (Å²) in [5, 5.41) is 6.42. The van der Waals surface area contributed by atoms with Gasteiger partial charge < -0.3 is 15.2 Å². The number of carbonyl (C=O) groups is 1. The lowest BCUT2D eigenvalue weighted by molar-refractivity contribution is -0.121. The van der Waals surface area contributed by atoms with Crippen LogP contribution in [0.1, 0.15) is 19.3 Å². The second-order valence-electron chi connectivity index (χ2n) is 5.69. The molecule has 5 heteroatoms. The highest BCUT2D eigenvalue weighted by molar-refractivity contribution is 5.77. The fourth-order valence-electron chi connectivity index (χ4n) is 2.86. The van der Waals surface area contributed by atoms with Gasteiger partial charge in [0.2, 0.25) is 5.91 Å². The number of amides is 1. The van der Waals surface area contributed by atoms with E-state index in [-0.39, 0.29) is 5.91 Å². The Morgan fingerprint density at radius 2 is 2.33 bits per heavy atom. The summed E-state index contributed by atoms with van der Waals surface area (Å²) in [6.07, 6.45) is 4.73. The Morgan fingerprint density at radius 3 is 3.19 bits per heavy atom. The number of nitrogens with zero attached hydrogens (tertiary/aromatic N) is 2. The molecule has 5 nitrogen and oxygen atoms in total. The highest BCUT2D eigenvalue weighted by Crippen LogP contribution is 2.12. The van der Waals surface area contributed by atoms with E-state index in [9.17, 15) is 4.79 Å². The first-order valence-corrected chi connectivity index (χ1v) is 7.70. The molecule has 1 fully saturated rings. The van der Waals surface area contributed by atoms with Crippen LogP contribution in [-0.2, 0) is 11.3 Å². The fourth-order valence-corrected chi connectivity index (χ4v) is 2.86. The zero-order valence-corrected chi connectivity index (χ0v) is 12.2. The van der Waals surface area contributed by atoms with Crippen LogP contribution in [0.3, 0.4) is 0 Å². The molecule has 1 unspecified atom stereocenters. The smallest absolute Gasteiger partial charge is 0.221 e. The van der Waals surface area contributed by atoms with E-state index in [4.69, 9.17) is 0 Å². The highest BCUT2D eigenvalue weighted by Gasteiger charge is 2.13. The first kappa shape index (κ1) is 14.1. The molecule has 3 rings (SSSR count). The standard InChI is InChI=1S/C16H22N4O/c21-16(18-11-13-4-3-8-17-10-13)7-9-20-12-19-14-5-1-2-6-15(14)20/h1-2,5-6,12-13,17H,3-4,7-11H2,(H,18,21). The quantitative estimate of drug-likeness (QED) is 0.876. The molecule has 1 aromatic heterocycles. The van der Waals surface area contributed by atoms with Crippen LogP contribution >= 0.6 is 0 Å². The van der Waals surface area contributed by atoms with Gasteiger partial charge in [-0.25, -0.2) is 4.98 Å². The van der Waals surface area contributed by atoms with Crippen molar-refractivity contribution in [1.29, 1.82) is 0 Å². The topological polar surface area (TPSA) is 59.0 Å². The Kier molecular flexibility index (Phi) is 4.50. The van der Waals surface area contributed by atoms with Crippen molar-refractivity contribution in [3.05, 3.63) is 30.6 Å². The number of nitrogens with one attached hydrogen (secondary N) is 2. The van der Waals surface area contributed by atoms with E-state index in [0.29, 0.717) is 18.9 Å². The van der Waals surface area contributed by atoms with Crippen molar-refractivity contribution in [2.24, 2.45) is 5.92 Å². The summed E-state index contributed by atoms with van der Waals surface area (Å²) in [6, 6.07) is 8.00. The van der Waals surface area contributed by atoms with Gasteiger partial charge in [0.25, 0.3) is 0 Å². The van der Waals surface area contributed by atoms with E-state index in [1.165, 1.54) is 12.8 Å². The second-order valence-corrected chi connectivity index (χ2v) is 5.69. The molecule has 112 valence electrons. The molecule has 1 amide bonds. The molecule has 1 aliphatic rings. The van der Waals surface area contributed by atoms with Gasteiger partial charge in [-0.15, -0.1) is 0 Å². The first-order valence-electron chi connectivity index (χ1n) is 7.70. The fraction of sp³-hybridized carbons (Fsp3) is 0.500. The predicted molar refractivity (Wildman–Crippen MR) is 83.0 cm³/mol. The summed E-state index contributed by atoms with van der Waals surface area (Å²) in [7, 11) is 0. The van der Waals surface area contributed by atoms with Crippen LogP contribution < -0.4 is 10.6 Å². The number of aromatic nitrogens is 2. The lowest BCUT2D eigenvalue weighted by atomic mass is 10.00.